The third-order valence-corrected chi connectivity index (χ3v) is 5.52. The van der Waals surface area contributed by atoms with Gasteiger partial charge in [-0.25, -0.2) is 4.98 Å². The average Bonchev–Trinajstić information content (AvgIpc) is 3.16. The summed E-state index contributed by atoms with van der Waals surface area (Å²) in [6.45, 7) is 0. The Hall–Kier alpha value is -2.61. The van der Waals surface area contributed by atoms with Gasteiger partial charge in [0.2, 0.25) is 0 Å². The second-order valence-corrected chi connectivity index (χ2v) is 7.38. The van der Waals surface area contributed by atoms with Crippen LogP contribution in [-0.4, -0.2) is 26.2 Å². The molecule has 5 heteroatoms. The number of rotatable bonds is 2. The third-order valence-electron chi connectivity index (χ3n) is 5.52. The van der Waals surface area contributed by atoms with Gasteiger partial charge in [-0.15, -0.1) is 0 Å². The Balaban J connectivity index is 1.51. The summed E-state index contributed by atoms with van der Waals surface area (Å²) >= 11 is 0. The number of hydrogen-bond donors (Lipinski definition) is 1. The van der Waals surface area contributed by atoms with Gasteiger partial charge in [0, 0.05) is 30.4 Å². The maximum atomic E-state index is 12.6. The third kappa shape index (κ3) is 3.17. The maximum absolute atomic E-state index is 12.6. The lowest BCUT2D eigenvalue weighted by molar-refractivity contribution is 0.0866. The van der Waals surface area contributed by atoms with Crippen LogP contribution in [-0.2, 0) is 7.05 Å². The fraction of sp³-hybridized carbons (Fsp3) is 0.450. The van der Waals surface area contributed by atoms with Gasteiger partial charge in [-0.1, -0.05) is 12.0 Å². The summed E-state index contributed by atoms with van der Waals surface area (Å²) in [6.07, 6.45) is 9.75. The van der Waals surface area contributed by atoms with Crippen LogP contribution in [0.2, 0.25) is 0 Å². The number of aromatic nitrogens is 3. The van der Waals surface area contributed by atoms with Crippen LogP contribution in [0.3, 0.4) is 0 Å². The number of pyridine rings is 1. The Morgan fingerprint density at radius 2 is 2.16 bits per heavy atom. The molecular formula is C20H22N4O. The van der Waals surface area contributed by atoms with E-state index in [0.29, 0.717) is 5.69 Å². The Kier molecular flexibility index (Phi) is 3.84. The lowest BCUT2D eigenvalue weighted by Gasteiger charge is -2.37. The Labute approximate surface area is 147 Å². The minimum atomic E-state index is -0.133. The quantitative estimate of drug-likeness (QED) is 0.859. The minimum Gasteiger partial charge on any atom is -0.345 e. The summed E-state index contributed by atoms with van der Waals surface area (Å²) in [4.78, 5) is 16.9. The van der Waals surface area contributed by atoms with Crippen molar-refractivity contribution >= 4 is 5.91 Å². The molecule has 4 rings (SSSR count). The molecule has 2 aliphatic rings. The highest BCUT2D eigenvalue weighted by molar-refractivity contribution is 5.92. The van der Waals surface area contributed by atoms with Crippen LogP contribution in [0.4, 0.5) is 0 Å². The van der Waals surface area contributed by atoms with Gasteiger partial charge in [0.05, 0.1) is 0 Å². The van der Waals surface area contributed by atoms with E-state index in [1.54, 1.807) is 23.1 Å². The fourth-order valence-electron chi connectivity index (χ4n) is 4.31. The number of hydrogen-bond acceptors (Lipinski definition) is 3. The van der Waals surface area contributed by atoms with Gasteiger partial charge in [-0.2, -0.15) is 5.10 Å². The molecule has 2 atom stereocenters. The molecule has 2 fully saturated rings. The first-order chi connectivity index (χ1) is 12.1. The first-order valence-electron chi connectivity index (χ1n) is 8.85. The van der Waals surface area contributed by atoms with Crippen molar-refractivity contribution in [2.24, 2.45) is 12.5 Å². The van der Waals surface area contributed by atoms with Crippen molar-refractivity contribution in [3.05, 3.63) is 48.0 Å². The Morgan fingerprint density at radius 3 is 2.92 bits per heavy atom. The highest BCUT2D eigenvalue weighted by atomic mass is 16.2. The van der Waals surface area contributed by atoms with Gasteiger partial charge < -0.3 is 5.32 Å². The van der Waals surface area contributed by atoms with Crippen molar-refractivity contribution in [3.8, 4) is 11.8 Å². The molecule has 2 saturated carbocycles. The molecule has 2 aliphatic carbocycles. The SMILES string of the molecule is Cn1ccc(C(=O)N[C@]23CCC[C@](C#Cc4ccccn4)(CC2)C3)n1. The molecule has 2 aromatic rings. The van der Waals surface area contributed by atoms with E-state index in [1.807, 2.05) is 25.2 Å². The number of fused-ring (bicyclic) bond motifs is 2. The average molecular weight is 334 g/mol. The molecule has 0 spiro atoms. The van der Waals surface area contributed by atoms with Crippen molar-refractivity contribution < 1.29 is 4.79 Å². The molecule has 2 bridgehead atoms. The second-order valence-electron chi connectivity index (χ2n) is 7.38. The van der Waals surface area contributed by atoms with Crippen molar-refractivity contribution in [3.63, 3.8) is 0 Å². The zero-order chi connectivity index (χ0) is 17.3. The van der Waals surface area contributed by atoms with Crippen LogP contribution in [0.25, 0.3) is 0 Å². The summed E-state index contributed by atoms with van der Waals surface area (Å²) < 4.78 is 1.66. The van der Waals surface area contributed by atoms with Crippen LogP contribution in [0.15, 0.2) is 36.7 Å². The molecule has 25 heavy (non-hydrogen) atoms. The van der Waals surface area contributed by atoms with Gasteiger partial charge in [0.25, 0.3) is 5.91 Å². The van der Waals surface area contributed by atoms with Crippen molar-refractivity contribution in [2.45, 2.75) is 44.1 Å². The summed E-state index contributed by atoms with van der Waals surface area (Å²) in [5.74, 6) is 6.68. The van der Waals surface area contributed by atoms with E-state index >= 15 is 0 Å². The van der Waals surface area contributed by atoms with E-state index < -0.39 is 0 Å². The molecule has 0 aliphatic heterocycles. The van der Waals surface area contributed by atoms with Crippen molar-refractivity contribution in [1.82, 2.24) is 20.1 Å². The largest absolute Gasteiger partial charge is 0.345 e. The van der Waals surface area contributed by atoms with Crippen molar-refractivity contribution in [2.75, 3.05) is 0 Å². The van der Waals surface area contributed by atoms with Gasteiger partial charge >= 0.3 is 0 Å². The molecule has 0 aromatic carbocycles. The highest BCUT2D eigenvalue weighted by Gasteiger charge is 2.51. The number of carbonyl (C=O) groups excluding carboxylic acids is 1. The molecular weight excluding hydrogens is 312 g/mol. The Bertz CT molecular complexity index is 847. The molecule has 2 aromatic heterocycles. The van der Waals surface area contributed by atoms with Crippen LogP contribution in [0.1, 0.15) is 54.7 Å². The summed E-state index contributed by atoms with van der Waals surface area (Å²) in [6, 6.07) is 7.56. The molecule has 1 amide bonds. The van der Waals surface area contributed by atoms with Crippen LogP contribution in [0.5, 0.6) is 0 Å². The van der Waals surface area contributed by atoms with E-state index in [0.717, 1.165) is 44.2 Å². The number of nitrogens with zero attached hydrogens (tertiary/aromatic N) is 3. The summed E-state index contributed by atoms with van der Waals surface area (Å²) in [7, 11) is 1.82. The number of nitrogens with one attached hydrogen (secondary N) is 1. The van der Waals surface area contributed by atoms with E-state index in [2.05, 4.69) is 27.2 Å². The monoisotopic (exact) mass is 334 g/mol. The van der Waals surface area contributed by atoms with E-state index in [9.17, 15) is 4.79 Å². The molecule has 0 unspecified atom stereocenters. The molecule has 0 saturated heterocycles. The van der Waals surface area contributed by atoms with Gasteiger partial charge in [0.1, 0.15) is 11.4 Å². The topological polar surface area (TPSA) is 59.8 Å². The summed E-state index contributed by atoms with van der Waals surface area (Å²) in [5.41, 5.74) is 1.18. The number of carbonyl (C=O) groups is 1. The smallest absolute Gasteiger partial charge is 0.272 e. The molecule has 1 N–H and O–H groups in total. The first kappa shape index (κ1) is 15.9. The zero-order valence-electron chi connectivity index (χ0n) is 14.5. The second kappa shape index (κ2) is 6.03. The standard InChI is InChI=1S/C20H22N4O/c1-24-14-7-17(23-24)18(25)22-20-9-4-8-19(15-20,11-12-20)10-6-16-5-2-3-13-21-16/h2-3,5,7,13-14H,4,8-9,11-12,15H2,1H3,(H,22,25)/t19-,20+/m0/s1. The van der Waals surface area contributed by atoms with Crippen LogP contribution >= 0.6 is 0 Å². The maximum Gasteiger partial charge on any atom is 0.272 e. The molecule has 5 nitrogen and oxygen atoms in total. The molecule has 128 valence electrons. The van der Waals surface area contributed by atoms with Crippen LogP contribution in [0, 0.1) is 17.3 Å². The van der Waals surface area contributed by atoms with E-state index in [-0.39, 0.29) is 16.9 Å². The van der Waals surface area contributed by atoms with Gasteiger partial charge in [0.15, 0.2) is 0 Å². The number of aryl methyl sites for hydroxylation is 1. The molecule has 2 heterocycles. The predicted molar refractivity (Wildman–Crippen MR) is 94.7 cm³/mol. The molecule has 0 radical (unpaired) electrons. The normalized spacial score (nSPS) is 27.4. The van der Waals surface area contributed by atoms with Gasteiger partial charge in [-0.05, 0) is 62.6 Å². The summed E-state index contributed by atoms with van der Waals surface area (Å²) in [5, 5.41) is 7.49. The lowest BCUT2D eigenvalue weighted by atomic mass is 9.73. The Morgan fingerprint density at radius 1 is 1.24 bits per heavy atom. The number of amides is 1. The van der Waals surface area contributed by atoms with Gasteiger partial charge in [-0.3, -0.25) is 9.48 Å². The minimum absolute atomic E-state index is 0.00711. The zero-order valence-corrected chi connectivity index (χ0v) is 14.5. The first-order valence-corrected chi connectivity index (χ1v) is 8.85. The van der Waals surface area contributed by atoms with Crippen molar-refractivity contribution in [1.29, 1.82) is 0 Å². The van der Waals surface area contributed by atoms with E-state index in [4.69, 9.17) is 0 Å². The fourth-order valence-corrected chi connectivity index (χ4v) is 4.31. The van der Waals surface area contributed by atoms with E-state index in [1.165, 1.54) is 0 Å². The predicted octanol–water partition coefficient (Wildman–Crippen LogP) is 2.69. The van der Waals surface area contributed by atoms with Crippen LogP contribution < -0.4 is 5.32 Å². The highest BCUT2D eigenvalue weighted by Crippen LogP contribution is 2.53. The lowest BCUT2D eigenvalue weighted by Crippen LogP contribution is -2.49.